The van der Waals surface area contributed by atoms with Crippen molar-refractivity contribution in [2.75, 3.05) is 0 Å². The van der Waals surface area contributed by atoms with Gasteiger partial charge in [-0.3, -0.25) is 9.59 Å². The molecule has 0 aromatic heterocycles. The molecular formula is C14H26O4. The summed E-state index contributed by atoms with van der Waals surface area (Å²) in [6.07, 6.45) is 4.48. The molecule has 0 saturated heterocycles. The van der Waals surface area contributed by atoms with Gasteiger partial charge in [0.05, 0.1) is 10.8 Å². The molecule has 0 fully saturated rings. The van der Waals surface area contributed by atoms with Crippen LogP contribution in [0.4, 0.5) is 0 Å². The Hall–Kier alpha value is -1.06. The summed E-state index contributed by atoms with van der Waals surface area (Å²) in [6, 6.07) is 0. The predicted octanol–water partition coefficient (Wildman–Crippen LogP) is 3.55. The number of carboxylic acids is 2. The Morgan fingerprint density at radius 2 is 1.39 bits per heavy atom. The van der Waals surface area contributed by atoms with Crippen molar-refractivity contribution < 1.29 is 19.8 Å². The van der Waals surface area contributed by atoms with E-state index < -0.39 is 22.8 Å². The molecule has 2 N–H and O–H groups in total. The maximum atomic E-state index is 11.1. The van der Waals surface area contributed by atoms with Gasteiger partial charge in [-0.1, -0.05) is 26.2 Å². The minimum atomic E-state index is -0.772. The molecule has 0 aliphatic heterocycles. The Bertz CT molecular complexity index is 296. The number of aliphatic carboxylic acids is 2. The van der Waals surface area contributed by atoms with Crippen molar-refractivity contribution in [2.24, 2.45) is 10.8 Å². The molecule has 0 amide bonds. The third-order valence-electron chi connectivity index (χ3n) is 3.91. The van der Waals surface area contributed by atoms with E-state index in [1.165, 1.54) is 0 Å². The first-order valence-electron chi connectivity index (χ1n) is 6.62. The maximum Gasteiger partial charge on any atom is 0.309 e. The summed E-state index contributed by atoms with van der Waals surface area (Å²) in [4.78, 5) is 22.0. The molecule has 0 bridgehead atoms. The van der Waals surface area contributed by atoms with E-state index in [-0.39, 0.29) is 0 Å². The van der Waals surface area contributed by atoms with Crippen LogP contribution in [0.15, 0.2) is 0 Å². The van der Waals surface area contributed by atoms with Crippen molar-refractivity contribution in [3.8, 4) is 0 Å². The maximum absolute atomic E-state index is 11.1. The summed E-state index contributed by atoms with van der Waals surface area (Å²) < 4.78 is 0. The molecule has 1 atom stereocenters. The molecule has 0 aliphatic rings. The van der Waals surface area contributed by atoms with Crippen LogP contribution < -0.4 is 0 Å². The van der Waals surface area contributed by atoms with Gasteiger partial charge >= 0.3 is 11.9 Å². The standard InChI is InChI=1S/C14H26O4/c1-5-14(4,12(17)18)10-8-6-7-9-13(2,3)11(15)16/h5-10H2,1-4H3,(H,15,16)(H,17,18). The summed E-state index contributed by atoms with van der Waals surface area (Å²) in [6.45, 7) is 7.11. The van der Waals surface area contributed by atoms with Gasteiger partial charge in [0.25, 0.3) is 0 Å². The van der Waals surface area contributed by atoms with Gasteiger partial charge in [0.2, 0.25) is 0 Å². The van der Waals surface area contributed by atoms with Crippen LogP contribution in [0.25, 0.3) is 0 Å². The minimum absolute atomic E-state index is 0.628. The largest absolute Gasteiger partial charge is 0.481 e. The Morgan fingerprint density at radius 3 is 1.78 bits per heavy atom. The summed E-state index contributed by atoms with van der Waals surface area (Å²) in [5.74, 6) is -1.51. The fourth-order valence-corrected chi connectivity index (χ4v) is 1.80. The van der Waals surface area contributed by atoms with Gasteiger partial charge in [0.15, 0.2) is 0 Å². The first-order chi connectivity index (χ1) is 8.15. The second-order valence-corrected chi connectivity index (χ2v) is 5.97. The highest BCUT2D eigenvalue weighted by molar-refractivity contribution is 5.74. The first kappa shape index (κ1) is 16.9. The summed E-state index contributed by atoms with van der Waals surface area (Å²) in [5, 5.41) is 18.1. The molecule has 4 nitrogen and oxygen atoms in total. The second kappa shape index (κ2) is 6.76. The monoisotopic (exact) mass is 258 g/mol. The normalized spacial score (nSPS) is 15.1. The fourth-order valence-electron chi connectivity index (χ4n) is 1.80. The zero-order chi connectivity index (χ0) is 14.4. The molecular weight excluding hydrogens is 232 g/mol. The van der Waals surface area contributed by atoms with Gasteiger partial charge in [-0.05, 0) is 40.0 Å². The van der Waals surface area contributed by atoms with E-state index in [0.29, 0.717) is 19.3 Å². The van der Waals surface area contributed by atoms with Crippen LogP contribution in [0.3, 0.4) is 0 Å². The molecule has 0 spiro atoms. The molecule has 0 heterocycles. The van der Waals surface area contributed by atoms with Crippen LogP contribution >= 0.6 is 0 Å². The van der Waals surface area contributed by atoms with Crippen molar-refractivity contribution in [2.45, 2.75) is 66.2 Å². The third-order valence-corrected chi connectivity index (χ3v) is 3.91. The summed E-state index contributed by atoms with van der Waals surface area (Å²) >= 11 is 0. The van der Waals surface area contributed by atoms with E-state index >= 15 is 0 Å². The molecule has 0 saturated carbocycles. The lowest BCUT2D eigenvalue weighted by Gasteiger charge is -2.23. The van der Waals surface area contributed by atoms with Crippen molar-refractivity contribution in [1.29, 1.82) is 0 Å². The average Bonchev–Trinajstić information content (AvgIpc) is 2.27. The fraction of sp³-hybridized carbons (Fsp3) is 0.857. The van der Waals surface area contributed by atoms with Crippen LogP contribution in [0.5, 0.6) is 0 Å². The van der Waals surface area contributed by atoms with E-state index in [1.54, 1.807) is 20.8 Å². The van der Waals surface area contributed by atoms with E-state index in [0.717, 1.165) is 19.3 Å². The van der Waals surface area contributed by atoms with Crippen molar-refractivity contribution >= 4 is 11.9 Å². The zero-order valence-electron chi connectivity index (χ0n) is 12.0. The lowest BCUT2D eigenvalue weighted by Crippen LogP contribution is -2.26. The first-order valence-corrected chi connectivity index (χ1v) is 6.62. The Kier molecular flexibility index (Phi) is 6.36. The molecule has 106 valence electrons. The summed E-state index contributed by atoms with van der Waals surface area (Å²) in [7, 11) is 0. The number of carbonyl (C=O) groups is 2. The van der Waals surface area contributed by atoms with Crippen molar-refractivity contribution in [3.63, 3.8) is 0 Å². The highest BCUT2D eigenvalue weighted by atomic mass is 16.4. The van der Waals surface area contributed by atoms with Crippen LogP contribution in [0, 0.1) is 10.8 Å². The SMILES string of the molecule is CCC(C)(CCCCCC(C)(C)C(=O)O)C(=O)O. The summed E-state index contributed by atoms with van der Waals surface area (Å²) in [5.41, 5.74) is -1.32. The van der Waals surface area contributed by atoms with Crippen LogP contribution in [-0.2, 0) is 9.59 Å². The Labute approximate surface area is 109 Å². The third kappa shape index (κ3) is 5.07. The molecule has 0 aliphatic carbocycles. The number of rotatable bonds is 9. The Morgan fingerprint density at radius 1 is 0.889 bits per heavy atom. The van der Waals surface area contributed by atoms with E-state index in [1.807, 2.05) is 6.92 Å². The highest BCUT2D eigenvalue weighted by Crippen LogP contribution is 2.30. The van der Waals surface area contributed by atoms with E-state index in [2.05, 4.69) is 0 Å². The van der Waals surface area contributed by atoms with E-state index in [9.17, 15) is 9.59 Å². The van der Waals surface area contributed by atoms with Crippen LogP contribution in [-0.4, -0.2) is 22.2 Å². The number of hydrogen-bond acceptors (Lipinski definition) is 2. The number of hydrogen-bond donors (Lipinski definition) is 2. The molecule has 1 unspecified atom stereocenters. The highest BCUT2D eigenvalue weighted by Gasteiger charge is 2.30. The number of unbranched alkanes of at least 4 members (excludes halogenated alkanes) is 2. The Balaban J connectivity index is 3.95. The molecule has 4 heteroatoms. The minimum Gasteiger partial charge on any atom is -0.481 e. The van der Waals surface area contributed by atoms with Gasteiger partial charge in [-0.2, -0.15) is 0 Å². The second-order valence-electron chi connectivity index (χ2n) is 5.97. The average molecular weight is 258 g/mol. The number of carboxylic acid groups (broad SMARTS) is 2. The molecule has 0 rings (SSSR count). The van der Waals surface area contributed by atoms with Crippen molar-refractivity contribution in [3.05, 3.63) is 0 Å². The van der Waals surface area contributed by atoms with Gasteiger partial charge in [-0.25, -0.2) is 0 Å². The van der Waals surface area contributed by atoms with Gasteiger partial charge < -0.3 is 10.2 Å². The molecule has 18 heavy (non-hydrogen) atoms. The lowest BCUT2D eigenvalue weighted by atomic mass is 9.81. The molecule has 0 aromatic rings. The lowest BCUT2D eigenvalue weighted by molar-refractivity contribution is -0.148. The van der Waals surface area contributed by atoms with Crippen LogP contribution in [0.2, 0.25) is 0 Å². The topological polar surface area (TPSA) is 74.6 Å². The van der Waals surface area contributed by atoms with Gasteiger partial charge in [-0.15, -0.1) is 0 Å². The van der Waals surface area contributed by atoms with Crippen molar-refractivity contribution in [1.82, 2.24) is 0 Å². The van der Waals surface area contributed by atoms with Gasteiger partial charge in [0.1, 0.15) is 0 Å². The smallest absolute Gasteiger partial charge is 0.309 e. The van der Waals surface area contributed by atoms with Gasteiger partial charge in [0, 0.05) is 0 Å². The molecule has 0 radical (unpaired) electrons. The van der Waals surface area contributed by atoms with E-state index in [4.69, 9.17) is 10.2 Å². The van der Waals surface area contributed by atoms with Crippen LogP contribution in [0.1, 0.15) is 66.2 Å². The zero-order valence-corrected chi connectivity index (χ0v) is 12.0. The molecule has 0 aromatic carbocycles. The predicted molar refractivity (Wildman–Crippen MR) is 70.5 cm³/mol. The quantitative estimate of drug-likeness (QED) is 0.620.